The zero-order chi connectivity index (χ0) is 23.5. The minimum atomic E-state index is -2.44. The molecule has 0 aliphatic heterocycles. The molecule has 1 atom stereocenters. The van der Waals surface area contributed by atoms with Crippen LogP contribution in [0.1, 0.15) is 131 Å². The number of thioether (sulfide) groups is 1. The van der Waals surface area contributed by atoms with Gasteiger partial charge >= 0.3 is 8.56 Å². The van der Waals surface area contributed by atoms with Gasteiger partial charge in [0.2, 0.25) is 0 Å². The van der Waals surface area contributed by atoms with Gasteiger partial charge in [0, 0.05) is 29.9 Å². The van der Waals surface area contributed by atoms with Crippen LogP contribution in [0.4, 0.5) is 0 Å². The van der Waals surface area contributed by atoms with Crippen LogP contribution in [0.3, 0.4) is 0 Å². The summed E-state index contributed by atoms with van der Waals surface area (Å²) in [6.45, 7) is 14.9. The summed E-state index contributed by atoms with van der Waals surface area (Å²) in [6, 6.07) is 0. The summed E-state index contributed by atoms with van der Waals surface area (Å²) in [5.74, 6) is 0.915. The second-order valence-corrected chi connectivity index (χ2v) is 14.3. The van der Waals surface area contributed by atoms with Crippen LogP contribution in [-0.4, -0.2) is 31.6 Å². The fourth-order valence-corrected chi connectivity index (χ4v) is 8.73. The fraction of sp³-hybridized carbons (Fsp3) is 0.962. The standard InChI is InChI=1S/C26H54O3SSi/c1-8-10-11-12-13-14-15-16-17-18-19-20-25(22-26(27)30-21-9-2)31(7,28-23(3)4)29-24(5)6/h23-25H,8-22H2,1-7H3. The Labute approximate surface area is 200 Å². The molecule has 0 heterocycles. The van der Waals surface area contributed by atoms with Gasteiger partial charge in [-0.1, -0.05) is 96.2 Å². The summed E-state index contributed by atoms with van der Waals surface area (Å²) < 4.78 is 12.8. The highest BCUT2D eigenvalue weighted by Crippen LogP contribution is 2.36. The van der Waals surface area contributed by atoms with Crippen molar-refractivity contribution in [3.8, 4) is 0 Å². The SMILES string of the molecule is CCCCCCCCCCCCCC(CC(=O)SCCC)[Si](C)(OC(C)C)OC(C)C. The smallest absolute Gasteiger partial charge is 0.339 e. The lowest BCUT2D eigenvalue weighted by Gasteiger charge is -2.37. The van der Waals surface area contributed by atoms with Gasteiger partial charge in [0.1, 0.15) is 0 Å². The Morgan fingerprint density at radius 1 is 0.742 bits per heavy atom. The maximum Gasteiger partial charge on any atom is 0.339 e. The van der Waals surface area contributed by atoms with Gasteiger partial charge in [-0.3, -0.25) is 4.79 Å². The molecule has 0 aromatic heterocycles. The summed E-state index contributed by atoms with van der Waals surface area (Å²) in [4.78, 5) is 12.6. The van der Waals surface area contributed by atoms with Crippen LogP contribution >= 0.6 is 11.8 Å². The molecule has 0 spiro atoms. The minimum absolute atomic E-state index is 0.133. The molecule has 0 saturated carbocycles. The number of unbranched alkanes of at least 4 members (excludes halogenated alkanes) is 10. The van der Waals surface area contributed by atoms with Gasteiger partial charge in [0.05, 0.1) is 0 Å². The molecule has 186 valence electrons. The van der Waals surface area contributed by atoms with Crippen molar-refractivity contribution in [3.63, 3.8) is 0 Å². The third kappa shape index (κ3) is 17.3. The number of carbonyl (C=O) groups is 1. The van der Waals surface area contributed by atoms with E-state index in [1.54, 1.807) is 0 Å². The van der Waals surface area contributed by atoms with E-state index in [4.69, 9.17) is 8.85 Å². The average Bonchev–Trinajstić information content (AvgIpc) is 2.68. The molecule has 0 N–H and O–H groups in total. The monoisotopic (exact) mass is 474 g/mol. The van der Waals surface area contributed by atoms with E-state index in [1.807, 2.05) is 0 Å². The Bertz CT molecular complexity index is 419. The quantitative estimate of drug-likeness (QED) is 0.123. The molecule has 0 saturated heterocycles. The van der Waals surface area contributed by atoms with Gasteiger partial charge in [0.15, 0.2) is 5.12 Å². The molecule has 5 heteroatoms. The first-order chi connectivity index (χ1) is 14.7. The lowest BCUT2D eigenvalue weighted by molar-refractivity contribution is -0.111. The van der Waals surface area contributed by atoms with Crippen molar-refractivity contribution in [2.75, 3.05) is 5.75 Å². The topological polar surface area (TPSA) is 35.5 Å². The van der Waals surface area contributed by atoms with E-state index >= 15 is 0 Å². The van der Waals surface area contributed by atoms with E-state index in [0.29, 0.717) is 11.5 Å². The van der Waals surface area contributed by atoms with E-state index in [0.717, 1.165) is 18.6 Å². The molecule has 0 aromatic carbocycles. The molecule has 0 amide bonds. The predicted molar refractivity (Wildman–Crippen MR) is 141 cm³/mol. The molecular formula is C26H54O3SSi. The minimum Gasteiger partial charge on any atom is -0.392 e. The van der Waals surface area contributed by atoms with Crippen molar-refractivity contribution in [2.24, 2.45) is 0 Å². The Balaban J connectivity index is 4.55. The van der Waals surface area contributed by atoms with Gasteiger partial charge in [-0.25, -0.2) is 0 Å². The molecule has 0 fully saturated rings. The summed E-state index contributed by atoms with van der Waals surface area (Å²) in [5.41, 5.74) is 0.243. The summed E-state index contributed by atoms with van der Waals surface area (Å²) >= 11 is 1.49. The van der Waals surface area contributed by atoms with E-state index in [1.165, 1.54) is 82.4 Å². The van der Waals surface area contributed by atoms with Crippen LogP contribution in [0.25, 0.3) is 0 Å². The van der Waals surface area contributed by atoms with Crippen molar-refractivity contribution >= 4 is 25.4 Å². The summed E-state index contributed by atoms with van der Waals surface area (Å²) in [5, 5.41) is 0.313. The van der Waals surface area contributed by atoms with Crippen LogP contribution in [0, 0.1) is 0 Å². The van der Waals surface area contributed by atoms with Gasteiger partial charge < -0.3 is 8.85 Å². The van der Waals surface area contributed by atoms with Crippen LogP contribution in [-0.2, 0) is 13.6 Å². The van der Waals surface area contributed by atoms with Gasteiger partial charge in [-0.2, -0.15) is 0 Å². The van der Waals surface area contributed by atoms with Gasteiger partial charge in [-0.15, -0.1) is 0 Å². The first kappa shape index (κ1) is 31.2. The molecule has 0 aliphatic carbocycles. The Morgan fingerprint density at radius 3 is 1.61 bits per heavy atom. The normalized spacial score (nSPS) is 13.3. The molecule has 0 bridgehead atoms. The predicted octanol–water partition coefficient (Wildman–Crippen LogP) is 9.04. The second kappa shape index (κ2) is 19.6. The first-order valence-electron chi connectivity index (χ1n) is 13.3. The zero-order valence-corrected chi connectivity index (χ0v) is 23.8. The van der Waals surface area contributed by atoms with E-state index < -0.39 is 8.56 Å². The molecule has 31 heavy (non-hydrogen) atoms. The maximum atomic E-state index is 12.6. The van der Waals surface area contributed by atoms with Crippen molar-refractivity contribution in [2.45, 2.75) is 156 Å². The molecule has 3 nitrogen and oxygen atoms in total. The average molecular weight is 475 g/mol. The van der Waals surface area contributed by atoms with Crippen molar-refractivity contribution in [1.82, 2.24) is 0 Å². The van der Waals surface area contributed by atoms with Crippen LogP contribution < -0.4 is 0 Å². The van der Waals surface area contributed by atoms with Crippen molar-refractivity contribution in [1.29, 1.82) is 0 Å². The molecule has 0 aliphatic rings. The van der Waals surface area contributed by atoms with Crippen LogP contribution in [0.2, 0.25) is 12.1 Å². The molecular weight excluding hydrogens is 420 g/mol. The number of carbonyl (C=O) groups excluding carboxylic acids is 1. The number of rotatable bonds is 21. The third-order valence-electron chi connectivity index (χ3n) is 5.72. The molecule has 1 unspecified atom stereocenters. The van der Waals surface area contributed by atoms with Crippen molar-refractivity contribution in [3.05, 3.63) is 0 Å². The van der Waals surface area contributed by atoms with Gasteiger partial charge in [0.25, 0.3) is 0 Å². The van der Waals surface area contributed by atoms with Gasteiger partial charge in [-0.05, 0) is 47.1 Å². The lowest BCUT2D eigenvalue weighted by Crippen LogP contribution is -2.48. The second-order valence-electron chi connectivity index (χ2n) is 9.79. The van der Waals surface area contributed by atoms with E-state index in [-0.39, 0.29) is 17.7 Å². The summed E-state index contributed by atoms with van der Waals surface area (Å²) in [6.07, 6.45) is 17.8. The molecule has 0 aromatic rings. The zero-order valence-electron chi connectivity index (χ0n) is 22.0. The maximum absolute atomic E-state index is 12.6. The Kier molecular flexibility index (Phi) is 19.7. The Hall–Kier alpha value is 0.157. The first-order valence-corrected chi connectivity index (χ1v) is 16.6. The van der Waals surface area contributed by atoms with E-state index in [2.05, 4.69) is 48.1 Å². The van der Waals surface area contributed by atoms with Crippen LogP contribution in [0.5, 0.6) is 0 Å². The fourth-order valence-electron chi connectivity index (χ4n) is 4.24. The van der Waals surface area contributed by atoms with Crippen LogP contribution in [0.15, 0.2) is 0 Å². The summed E-state index contributed by atoms with van der Waals surface area (Å²) in [7, 11) is -2.44. The van der Waals surface area contributed by atoms with E-state index in [9.17, 15) is 4.79 Å². The molecule has 0 radical (unpaired) electrons. The van der Waals surface area contributed by atoms with Crippen molar-refractivity contribution < 1.29 is 13.6 Å². The largest absolute Gasteiger partial charge is 0.392 e. The highest BCUT2D eigenvalue weighted by molar-refractivity contribution is 8.13. The number of hydrogen-bond acceptors (Lipinski definition) is 4. The highest BCUT2D eigenvalue weighted by atomic mass is 32.2. The Morgan fingerprint density at radius 2 is 1.19 bits per heavy atom. The number of hydrogen-bond donors (Lipinski definition) is 0. The third-order valence-corrected chi connectivity index (χ3v) is 10.7. The highest BCUT2D eigenvalue weighted by Gasteiger charge is 2.43. The molecule has 0 rings (SSSR count). The lowest BCUT2D eigenvalue weighted by atomic mass is 10.0.